The van der Waals surface area contributed by atoms with Crippen molar-refractivity contribution in [3.63, 3.8) is 0 Å². The number of benzene rings is 1. The first kappa shape index (κ1) is 12.4. The van der Waals surface area contributed by atoms with Gasteiger partial charge in [0.05, 0.1) is 20.1 Å². The summed E-state index contributed by atoms with van der Waals surface area (Å²) in [5.41, 5.74) is 1.85. The van der Waals surface area contributed by atoms with Crippen molar-refractivity contribution in [1.29, 1.82) is 0 Å². The highest BCUT2D eigenvalue weighted by Gasteiger charge is 2.39. The Labute approximate surface area is 105 Å². The number of hydrogen-bond acceptors (Lipinski definition) is 5. The van der Waals surface area contributed by atoms with Crippen molar-refractivity contribution in [2.24, 2.45) is 5.92 Å². The summed E-state index contributed by atoms with van der Waals surface area (Å²) < 4.78 is 9.46. The van der Waals surface area contributed by atoms with Gasteiger partial charge >= 0.3 is 11.9 Å². The van der Waals surface area contributed by atoms with E-state index in [0.29, 0.717) is 6.42 Å². The minimum atomic E-state index is -0.697. The minimum Gasteiger partial charge on any atom is -0.469 e. The van der Waals surface area contributed by atoms with Gasteiger partial charge in [-0.25, -0.2) is 4.79 Å². The summed E-state index contributed by atoms with van der Waals surface area (Å²) in [6, 6.07) is 6.87. The van der Waals surface area contributed by atoms with E-state index in [0.717, 1.165) is 11.3 Å². The first-order chi connectivity index (χ1) is 8.67. The monoisotopic (exact) mass is 249 g/mol. The Morgan fingerprint density at radius 2 is 1.83 bits per heavy atom. The van der Waals surface area contributed by atoms with Crippen LogP contribution in [0.4, 0.5) is 5.69 Å². The highest BCUT2D eigenvalue weighted by Crippen LogP contribution is 2.29. The molecular formula is C13H15NO4. The number of anilines is 1. The molecule has 1 aliphatic rings. The molecule has 1 aromatic carbocycles. The molecule has 18 heavy (non-hydrogen) atoms. The number of carbonyl (C=O) groups is 2. The molecule has 0 spiro atoms. The Morgan fingerprint density at radius 1 is 1.17 bits per heavy atom. The number of para-hydroxylation sites is 1. The highest BCUT2D eigenvalue weighted by molar-refractivity contribution is 5.88. The Hall–Kier alpha value is -2.04. The van der Waals surface area contributed by atoms with Gasteiger partial charge in [-0.15, -0.1) is 0 Å². The number of methoxy groups -OCH3 is 2. The van der Waals surface area contributed by atoms with Crippen LogP contribution in [0.25, 0.3) is 0 Å². The molecule has 5 nitrogen and oxygen atoms in total. The average molecular weight is 249 g/mol. The molecule has 2 unspecified atom stereocenters. The van der Waals surface area contributed by atoms with E-state index in [2.05, 4.69) is 5.32 Å². The molecule has 0 radical (unpaired) electrons. The van der Waals surface area contributed by atoms with E-state index in [1.807, 2.05) is 24.3 Å². The Balaban J connectivity index is 2.33. The Kier molecular flexibility index (Phi) is 3.50. The molecule has 0 bridgehead atoms. The van der Waals surface area contributed by atoms with Gasteiger partial charge in [0.15, 0.2) is 0 Å². The van der Waals surface area contributed by atoms with Gasteiger partial charge in [-0.05, 0) is 18.1 Å². The van der Waals surface area contributed by atoms with Crippen molar-refractivity contribution in [3.05, 3.63) is 29.8 Å². The molecule has 0 aliphatic carbocycles. The maximum absolute atomic E-state index is 11.7. The molecule has 0 saturated carbocycles. The SMILES string of the molecule is COC(=O)C1Cc2ccccc2NC1C(=O)OC. The number of nitrogens with one attached hydrogen (secondary N) is 1. The van der Waals surface area contributed by atoms with Crippen LogP contribution in [0.15, 0.2) is 24.3 Å². The lowest BCUT2D eigenvalue weighted by Crippen LogP contribution is -2.46. The van der Waals surface area contributed by atoms with Gasteiger partial charge in [0.1, 0.15) is 6.04 Å². The maximum Gasteiger partial charge on any atom is 0.329 e. The minimum absolute atomic E-state index is 0.410. The number of ether oxygens (including phenoxy) is 2. The zero-order valence-corrected chi connectivity index (χ0v) is 10.3. The van der Waals surface area contributed by atoms with Crippen LogP contribution < -0.4 is 5.32 Å². The molecule has 1 heterocycles. The van der Waals surface area contributed by atoms with Crippen LogP contribution in [0, 0.1) is 5.92 Å². The smallest absolute Gasteiger partial charge is 0.329 e. The molecule has 0 fully saturated rings. The fourth-order valence-corrected chi connectivity index (χ4v) is 2.18. The molecule has 0 amide bonds. The summed E-state index contributed by atoms with van der Waals surface area (Å²) in [5, 5.41) is 3.04. The molecule has 2 atom stereocenters. The largest absolute Gasteiger partial charge is 0.469 e. The van der Waals surface area contributed by atoms with Crippen LogP contribution >= 0.6 is 0 Å². The summed E-state index contributed by atoms with van der Waals surface area (Å²) >= 11 is 0. The number of carbonyl (C=O) groups excluding carboxylic acids is 2. The van der Waals surface area contributed by atoms with E-state index in [-0.39, 0.29) is 0 Å². The van der Waals surface area contributed by atoms with Crippen molar-refractivity contribution in [2.45, 2.75) is 12.5 Å². The first-order valence-corrected chi connectivity index (χ1v) is 5.67. The molecule has 5 heteroatoms. The Bertz CT molecular complexity index is 429. The number of hydrogen-bond donors (Lipinski definition) is 1. The standard InChI is InChI=1S/C13H15NO4/c1-17-12(15)9-7-8-5-3-4-6-10(8)14-11(9)13(16)18-2/h3-6,9,11,14H,7H2,1-2H3. The van der Waals surface area contributed by atoms with E-state index < -0.39 is 23.9 Å². The molecular weight excluding hydrogens is 234 g/mol. The van der Waals surface area contributed by atoms with Crippen LogP contribution in [-0.4, -0.2) is 32.2 Å². The van der Waals surface area contributed by atoms with Crippen LogP contribution in [0.1, 0.15) is 5.56 Å². The number of esters is 2. The fraction of sp³-hybridized carbons (Fsp3) is 0.385. The summed E-state index contributed by atoms with van der Waals surface area (Å²) in [7, 11) is 2.62. The van der Waals surface area contributed by atoms with E-state index in [1.54, 1.807) is 0 Å². The van der Waals surface area contributed by atoms with E-state index in [9.17, 15) is 9.59 Å². The second-order valence-electron chi connectivity index (χ2n) is 4.14. The number of fused-ring (bicyclic) bond motifs is 1. The van der Waals surface area contributed by atoms with Crippen LogP contribution in [0.2, 0.25) is 0 Å². The van der Waals surface area contributed by atoms with Gasteiger partial charge in [0.25, 0.3) is 0 Å². The summed E-state index contributed by atoms with van der Waals surface area (Å²) in [6.45, 7) is 0. The second-order valence-corrected chi connectivity index (χ2v) is 4.14. The third kappa shape index (κ3) is 2.16. The summed E-state index contributed by atoms with van der Waals surface area (Å²) in [6.07, 6.45) is 0.468. The molecule has 96 valence electrons. The lowest BCUT2D eigenvalue weighted by atomic mass is 9.87. The van der Waals surface area contributed by atoms with E-state index in [4.69, 9.17) is 9.47 Å². The zero-order chi connectivity index (χ0) is 13.1. The second kappa shape index (κ2) is 5.08. The molecule has 2 rings (SSSR count). The maximum atomic E-state index is 11.7. The van der Waals surface area contributed by atoms with Crippen molar-refractivity contribution in [3.8, 4) is 0 Å². The van der Waals surface area contributed by atoms with Crippen LogP contribution in [0.5, 0.6) is 0 Å². The zero-order valence-electron chi connectivity index (χ0n) is 10.3. The van der Waals surface area contributed by atoms with E-state index >= 15 is 0 Å². The predicted octanol–water partition coefficient (Wildman–Crippen LogP) is 0.985. The average Bonchev–Trinajstić information content (AvgIpc) is 2.44. The highest BCUT2D eigenvalue weighted by atomic mass is 16.5. The van der Waals surface area contributed by atoms with Gasteiger partial charge in [0, 0.05) is 5.69 Å². The Morgan fingerprint density at radius 3 is 2.50 bits per heavy atom. The fourth-order valence-electron chi connectivity index (χ4n) is 2.18. The molecule has 1 aromatic rings. The van der Waals surface area contributed by atoms with Crippen LogP contribution in [0.3, 0.4) is 0 Å². The lowest BCUT2D eigenvalue weighted by Gasteiger charge is -2.31. The first-order valence-electron chi connectivity index (χ1n) is 5.67. The van der Waals surface area contributed by atoms with Crippen molar-refractivity contribution in [1.82, 2.24) is 0 Å². The predicted molar refractivity (Wildman–Crippen MR) is 65.1 cm³/mol. The molecule has 0 saturated heterocycles. The normalized spacial score (nSPS) is 21.4. The molecule has 1 N–H and O–H groups in total. The van der Waals surface area contributed by atoms with Crippen molar-refractivity contribution in [2.75, 3.05) is 19.5 Å². The summed E-state index contributed by atoms with van der Waals surface area (Å²) in [4.78, 5) is 23.5. The van der Waals surface area contributed by atoms with Gasteiger partial charge in [0.2, 0.25) is 0 Å². The van der Waals surface area contributed by atoms with E-state index in [1.165, 1.54) is 14.2 Å². The molecule has 1 aliphatic heterocycles. The summed E-state index contributed by atoms with van der Waals surface area (Å²) in [5.74, 6) is -1.43. The van der Waals surface area contributed by atoms with Crippen molar-refractivity contribution < 1.29 is 19.1 Å². The lowest BCUT2D eigenvalue weighted by molar-refractivity contribution is -0.153. The van der Waals surface area contributed by atoms with Gasteiger partial charge < -0.3 is 14.8 Å². The van der Waals surface area contributed by atoms with Gasteiger partial charge in [-0.3, -0.25) is 4.79 Å². The third-order valence-electron chi connectivity index (χ3n) is 3.13. The van der Waals surface area contributed by atoms with Gasteiger partial charge in [-0.2, -0.15) is 0 Å². The van der Waals surface area contributed by atoms with Crippen molar-refractivity contribution >= 4 is 17.6 Å². The van der Waals surface area contributed by atoms with Crippen LogP contribution in [-0.2, 0) is 25.5 Å². The third-order valence-corrected chi connectivity index (χ3v) is 3.13. The quantitative estimate of drug-likeness (QED) is 0.792. The number of rotatable bonds is 2. The topological polar surface area (TPSA) is 64.6 Å². The van der Waals surface area contributed by atoms with Gasteiger partial charge in [-0.1, -0.05) is 18.2 Å². The molecule has 0 aromatic heterocycles.